The van der Waals surface area contributed by atoms with Crippen molar-refractivity contribution in [3.05, 3.63) is 60.2 Å². The van der Waals surface area contributed by atoms with Gasteiger partial charge in [0.1, 0.15) is 5.75 Å². The lowest BCUT2D eigenvalue weighted by molar-refractivity contribution is 0.0718. The minimum absolute atomic E-state index is 0.0852. The topological polar surface area (TPSA) is 41.6 Å². The summed E-state index contributed by atoms with van der Waals surface area (Å²) in [6, 6.07) is 18.0. The van der Waals surface area contributed by atoms with Crippen LogP contribution in [-0.4, -0.2) is 37.0 Å². The van der Waals surface area contributed by atoms with Crippen LogP contribution in [0.5, 0.6) is 5.75 Å². The van der Waals surface area contributed by atoms with Gasteiger partial charge in [0.2, 0.25) is 0 Å². The van der Waals surface area contributed by atoms with Gasteiger partial charge in [-0.1, -0.05) is 24.3 Å². The number of hydrogen-bond acceptors (Lipinski definition) is 3. The molecule has 23 heavy (non-hydrogen) atoms. The van der Waals surface area contributed by atoms with E-state index in [1.54, 1.807) is 13.2 Å². The van der Waals surface area contributed by atoms with Gasteiger partial charge in [-0.2, -0.15) is 0 Å². The molecule has 2 aromatic carbocycles. The Balaban J connectivity index is 1.57. The minimum Gasteiger partial charge on any atom is -0.497 e. The Morgan fingerprint density at radius 2 is 1.83 bits per heavy atom. The Morgan fingerprint density at radius 1 is 1.09 bits per heavy atom. The maximum absolute atomic E-state index is 12.6. The molecule has 4 nitrogen and oxygen atoms in total. The number of carbonyl (C=O) groups excluding carboxylic acids is 1. The molecule has 1 saturated heterocycles. The van der Waals surface area contributed by atoms with Crippen LogP contribution in [0.2, 0.25) is 0 Å². The maximum atomic E-state index is 12.6. The maximum Gasteiger partial charge on any atom is 0.253 e. The second-order valence-corrected chi connectivity index (χ2v) is 5.81. The molecule has 0 radical (unpaired) electrons. The van der Waals surface area contributed by atoms with Crippen LogP contribution in [0.1, 0.15) is 23.2 Å². The Hall–Kier alpha value is -2.49. The van der Waals surface area contributed by atoms with Gasteiger partial charge in [0.15, 0.2) is 0 Å². The predicted octanol–water partition coefficient (Wildman–Crippen LogP) is 3.41. The van der Waals surface area contributed by atoms with E-state index in [0.717, 1.165) is 37.4 Å². The van der Waals surface area contributed by atoms with Crippen molar-refractivity contribution in [1.29, 1.82) is 0 Å². The lowest BCUT2D eigenvalue weighted by Gasteiger charge is -2.33. The van der Waals surface area contributed by atoms with Gasteiger partial charge in [0, 0.05) is 30.4 Å². The van der Waals surface area contributed by atoms with Crippen molar-refractivity contribution in [2.24, 2.45) is 0 Å². The summed E-state index contributed by atoms with van der Waals surface area (Å²) < 4.78 is 5.20. The quantitative estimate of drug-likeness (QED) is 0.941. The fourth-order valence-corrected chi connectivity index (χ4v) is 2.94. The summed E-state index contributed by atoms with van der Waals surface area (Å²) >= 11 is 0. The van der Waals surface area contributed by atoms with E-state index in [-0.39, 0.29) is 5.91 Å². The molecule has 1 aliphatic heterocycles. The second kappa shape index (κ2) is 7.18. The van der Waals surface area contributed by atoms with E-state index in [0.29, 0.717) is 11.6 Å². The number of amides is 1. The Bertz CT molecular complexity index is 649. The SMILES string of the molecule is COc1cccc(C(=O)N2CCC(Nc3ccccc3)CC2)c1. The minimum atomic E-state index is 0.0852. The number of nitrogens with one attached hydrogen (secondary N) is 1. The number of benzene rings is 2. The molecule has 1 heterocycles. The first-order chi connectivity index (χ1) is 11.3. The Morgan fingerprint density at radius 3 is 2.52 bits per heavy atom. The molecule has 2 aromatic rings. The summed E-state index contributed by atoms with van der Waals surface area (Å²) in [6.07, 6.45) is 1.93. The smallest absolute Gasteiger partial charge is 0.253 e. The number of carbonyl (C=O) groups is 1. The molecule has 1 amide bonds. The van der Waals surface area contributed by atoms with Crippen molar-refractivity contribution in [2.75, 3.05) is 25.5 Å². The van der Waals surface area contributed by atoms with Gasteiger partial charge in [-0.15, -0.1) is 0 Å². The molecule has 0 saturated carbocycles. The largest absolute Gasteiger partial charge is 0.497 e. The van der Waals surface area contributed by atoms with Crippen molar-refractivity contribution in [3.63, 3.8) is 0 Å². The summed E-state index contributed by atoms with van der Waals surface area (Å²) in [5.74, 6) is 0.804. The van der Waals surface area contributed by atoms with Crippen molar-refractivity contribution >= 4 is 11.6 Å². The lowest BCUT2D eigenvalue weighted by atomic mass is 10.0. The first kappa shape index (κ1) is 15.4. The van der Waals surface area contributed by atoms with Crippen molar-refractivity contribution < 1.29 is 9.53 Å². The van der Waals surface area contributed by atoms with Gasteiger partial charge >= 0.3 is 0 Å². The van der Waals surface area contributed by atoms with Crippen LogP contribution < -0.4 is 10.1 Å². The van der Waals surface area contributed by atoms with Gasteiger partial charge in [0.05, 0.1) is 7.11 Å². The average Bonchev–Trinajstić information content (AvgIpc) is 2.63. The first-order valence-corrected chi connectivity index (χ1v) is 8.01. The van der Waals surface area contributed by atoms with Crippen molar-refractivity contribution in [3.8, 4) is 5.75 Å². The van der Waals surface area contributed by atoms with Crippen LogP contribution >= 0.6 is 0 Å². The third kappa shape index (κ3) is 3.83. The van der Waals surface area contributed by atoms with Crippen molar-refractivity contribution in [1.82, 2.24) is 4.90 Å². The van der Waals surface area contributed by atoms with Crippen LogP contribution in [0.3, 0.4) is 0 Å². The summed E-state index contributed by atoms with van der Waals surface area (Å²) in [5.41, 5.74) is 1.84. The van der Waals surface area contributed by atoms with Crippen LogP contribution in [0, 0.1) is 0 Å². The highest BCUT2D eigenvalue weighted by molar-refractivity contribution is 5.94. The van der Waals surface area contributed by atoms with Crippen molar-refractivity contribution in [2.45, 2.75) is 18.9 Å². The molecule has 0 unspecified atom stereocenters. The highest BCUT2D eigenvalue weighted by Crippen LogP contribution is 2.20. The third-order valence-electron chi connectivity index (χ3n) is 4.24. The van der Waals surface area contributed by atoms with Crippen LogP contribution in [0.15, 0.2) is 54.6 Å². The molecule has 0 aromatic heterocycles. The zero-order chi connectivity index (χ0) is 16.1. The summed E-state index contributed by atoms with van der Waals surface area (Å²) in [5, 5.41) is 3.54. The number of methoxy groups -OCH3 is 1. The number of ether oxygens (including phenoxy) is 1. The third-order valence-corrected chi connectivity index (χ3v) is 4.24. The molecule has 4 heteroatoms. The zero-order valence-corrected chi connectivity index (χ0v) is 13.4. The van der Waals surface area contributed by atoms with Gasteiger partial charge < -0.3 is 15.0 Å². The molecule has 0 atom stereocenters. The van der Waals surface area contributed by atoms with Gasteiger partial charge in [0.25, 0.3) is 5.91 Å². The standard InChI is InChI=1S/C19H22N2O2/c1-23-18-9-5-6-15(14-18)19(22)21-12-10-17(11-13-21)20-16-7-3-2-4-8-16/h2-9,14,17,20H,10-13H2,1H3. The van der Waals surface area contributed by atoms with E-state index in [9.17, 15) is 4.79 Å². The molecule has 1 N–H and O–H groups in total. The molecular formula is C19H22N2O2. The highest BCUT2D eigenvalue weighted by atomic mass is 16.5. The molecule has 1 aliphatic rings. The normalized spacial score (nSPS) is 15.3. The molecular weight excluding hydrogens is 288 g/mol. The fraction of sp³-hybridized carbons (Fsp3) is 0.316. The number of likely N-dealkylation sites (tertiary alicyclic amines) is 1. The summed E-state index contributed by atoms with van der Waals surface area (Å²) in [7, 11) is 1.62. The number of para-hydroxylation sites is 1. The van der Waals surface area contributed by atoms with E-state index in [1.807, 2.05) is 41.3 Å². The predicted molar refractivity (Wildman–Crippen MR) is 92.0 cm³/mol. The van der Waals surface area contributed by atoms with E-state index >= 15 is 0 Å². The van der Waals surface area contributed by atoms with Gasteiger partial charge in [-0.25, -0.2) is 0 Å². The summed E-state index contributed by atoms with van der Waals surface area (Å²) in [4.78, 5) is 14.5. The molecule has 0 spiro atoms. The molecule has 120 valence electrons. The van der Waals surface area contributed by atoms with E-state index in [4.69, 9.17) is 4.74 Å². The number of piperidine rings is 1. The highest BCUT2D eigenvalue weighted by Gasteiger charge is 2.23. The average molecular weight is 310 g/mol. The monoisotopic (exact) mass is 310 g/mol. The molecule has 0 aliphatic carbocycles. The Labute approximate surface area is 137 Å². The first-order valence-electron chi connectivity index (χ1n) is 8.01. The fourth-order valence-electron chi connectivity index (χ4n) is 2.94. The van der Waals surface area contributed by atoms with Crippen LogP contribution in [-0.2, 0) is 0 Å². The second-order valence-electron chi connectivity index (χ2n) is 5.81. The number of hydrogen-bond donors (Lipinski definition) is 1. The van der Waals surface area contributed by atoms with E-state index < -0.39 is 0 Å². The molecule has 0 bridgehead atoms. The summed E-state index contributed by atoms with van der Waals surface area (Å²) in [6.45, 7) is 1.56. The molecule has 1 fully saturated rings. The van der Waals surface area contributed by atoms with E-state index in [2.05, 4.69) is 17.4 Å². The number of rotatable bonds is 4. The van der Waals surface area contributed by atoms with Crippen LogP contribution in [0.25, 0.3) is 0 Å². The van der Waals surface area contributed by atoms with Crippen LogP contribution in [0.4, 0.5) is 5.69 Å². The van der Waals surface area contributed by atoms with Gasteiger partial charge in [-0.3, -0.25) is 4.79 Å². The van der Waals surface area contributed by atoms with E-state index in [1.165, 1.54) is 0 Å². The Kier molecular flexibility index (Phi) is 4.81. The van der Waals surface area contributed by atoms with Gasteiger partial charge in [-0.05, 0) is 43.2 Å². The zero-order valence-electron chi connectivity index (χ0n) is 13.4. The number of nitrogens with zero attached hydrogens (tertiary/aromatic N) is 1. The number of anilines is 1. The molecule has 3 rings (SSSR count). The lowest BCUT2D eigenvalue weighted by Crippen LogP contribution is -2.42.